The van der Waals surface area contributed by atoms with Crippen molar-refractivity contribution >= 4 is 34.2 Å². The Morgan fingerprint density at radius 3 is 2.43 bits per heavy atom. The molecule has 1 aliphatic heterocycles. The smallest absolute Gasteiger partial charge is 0.341 e. The summed E-state index contributed by atoms with van der Waals surface area (Å²) >= 11 is 1.37. The summed E-state index contributed by atoms with van der Waals surface area (Å²) in [5.41, 5.74) is 0.951. The third kappa shape index (κ3) is 5.09. The first-order chi connectivity index (χ1) is 13.0. The molecule has 8 nitrogen and oxygen atoms in total. The van der Waals surface area contributed by atoms with Crippen LogP contribution in [-0.4, -0.2) is 50.3 Å². The lowest BCUT2D eigenvalue weighted by atomic mass is 9.81. The molecule has 0 fully saturated rings. The van der Waals surface area contributed by atoms with Crippen LogP contribution in [0.15, 0.2) is 0 Å². The molecule has 9 heteroatoms. The summed E-state index contributed by atoms with van der Waals surface area (Å²) in [5, 5.41) is 5.41. The fourth-order valence-electron chi connectivity index (χ4n) is 3.68. The lowest BCUT2D eigenvalue weighted by Crippen LogP contribution is -3.03. The zero-order valence-corrected chi connectivity index (χ0v) is 18.1. The monoisotopic (exact) mass is 413 g/mol. The summed E-state index contributed by atoms with van der Waals surface area (Å²) in [7, 11) is 1.36. The van der Waals surface area contributed by atoms with Crippen molar-refractivity contribution in [1.29, 1.82) is 0 Å². The summed E-state index contributed by atoms with van der Waals surface area (Å²) in [6.45, 7) is 9.74. The second-order valence-electron chi connectivity index (χ2n) is 8.01. The van der Waals surface area contributed by atoms with Crippen LogP contribution in [0.5, 0.6) is 0 Å². The Labute approximate surface area is 168 Å². The molecule has 0 radical (unpaired) electrons. The number of carbonyl (C=O) groups is 3. The lowest BCUT2D eigenvalue weighted by molar-refractivity contribution is -0.789. The van der Waals surface area contributed by atoms with Crippen LogP contribution in [-0.2, 0) is 35.8 Å². The topological polar surface area (TPSA) is 108 Å². The molecule has 0 atom stereocenters. The van der Waals surface area contributed by atoms with Crippen LogP contribution < -0.4 is 10.6 Å². The van der Waals surface area contributed by atoms with E-state index in [4.69, 9.17) is 9.47 Å². The number of quaternary nitrogens is 1. The Hall–Kier alpha value is -1.97. The van der Waals surface area contributed by atoms with E-state index in [2.05, 4.69) is 43.1 Å². The number of fused-ring (bicyclic) bond motifs is 1. The number of amides is 1. The molecule has 0 spiro atoms. The minimum Gasteiger partial charge on any atom is -0.462 e. The second kappa shape index (κ2) is 8.59. The van der Waals surface area contributed by atoms with Gasteiger partial charge >= 0.3 is 11.9 Å². The number of hydrogen-bond acceptors (Lipinski definition) is 7. The molecular weight excluding hydrogens is 384 g/mol. The van der Waals surface area contributed by atoms with Gasteiger partial charge in [0.25, 0.3) is 5.91 Å². The fraction of sp³-hybridized carbons (Fsp3) is 0.632. The number of hydrogen-bond donors (Lipinski definition) is 2. The molecule has 2 heterocycles. The molecule has 0 saturated carbocycles. The molecule has 1 aromatic rings. The summed E-state index contributed by atoms with van der Waals surface area (Å²) < 4.78 is 14.8. The van der Waals surface area contributed by atoms with E-state index in [1.165, 1.54) is 18.4 Å². The van der Waals surface area contributed by atoms with Crippen LogP contribution >= 0.6 is 11.3 Å². The average Bonchev–Trinajstić information content (AvgIpc) is 2.90. The third-order valence-electron chi connectivity index (χ3n) is 4.34. The average molecular weight is 414 g/mol. The maximum atomic E-state index is 12.7. The Balaban J connectivity index is 2.34. The molecule has 156 valence electrons. The van der Waals surface area contributed by atoms with Gasteiger partial charge in [-0.05, 0) is 40.2 Å². The molecule has 0 bridgehead atoms. The van der Waals surface area contributed by atoms with Gasteiger partial charge in [0.05, 0.1) is 22.6 Å². The summed E-state index contributed by atoms with van der Waals surface area (Å²) in [6.07, 6.45) is 0.676. The van der Waals surface area contributed by atoms with E-state index in [0.717, 1.165) is 10.4 Å². The van der Waals surface area contributed by atoms with Crippen molar-refractivity contribution in [2.75, 3.05) is 32.2 Å². The first-order valence-electron chi connectivity index (χ1n) is 9.15. The molecule has 0 aliphatic carbocycles. The first-order valence-corrected chi connectivity index (χ1v) is 9.97. The number of esters is 2. The molecule has 1 aromatic heterocycles. The van der Waals surface area contributed by atoms with E-state index in [-0.39, 0.29) is 24.3 Å². The number of anilines is 1. The van der Waals surface area contributed by atoms with E-state index in [1.807, 2.05) is 0 Å². The van der Waals surface area contributed by atoms with Gasteiger partial charge in [0.15, 0.2) is 6.61 Å². The lowest BCUT2D eigenvalue weighted by Gasteiger charge is -2.38. The Bertz CT molecular complexity index is 769. The minimum atomic E-state index is -0.633. The van der Waals surface area contributed by atoms with Crippen molar-refractivity contribution in [3.8, 4) is 0 Å². The summed E-state index contributed by atoms with van der Waals surface area (Å²) in [4.78, 5) is 37.3. The van der Waals surface area contributed by atoms with Crippen LogP contribution in [0.2, 0.25) is 0 Å². The van der Waals surface area contributed by atoms with Gasteiger partial charge in [0.1, 0.15) is 17.1 Å². The molecule has 0 aromatic carbocycles. The van der Waals surface area contributed by atoms with E-state index < -0.39 is 24.5 Å². The van der Waals surface area contributed by atoms with Crippen molar-refractivity contribution in [1.82, 2.24) is 0 Å². The normalized spacial score (nSPS) is 16.8. The molecule has 2 rings (SSSR count). The van der Waals surface area contributed by atoms with E-state index in [1.54, 1.807) is 6.92 Å². The van der Waals surface area contributed by atoms with Gasteiger partial charge in [-0.3, -0.25) is 4.79 Å². The zero-order valence-electron chi connectivity index (χ0n) is 17.3. The number of methoxy groups -OCH3 is 1. The molecule has 28 heavy (non-hydrogen) atoms. The number of rotatable bonds is 7. The highest BCUT2D eigenvalue weighted by atomic mass is 32.1. The molecule has 0 unspecified atom stereocenters. The SMILES string of the molecule is CCOC(=O)c1c(NC(=O)COC(=O)COC)sc2c1CC(C)(C)[NH2+]C2(C)C. The third-order valence-corrected chi connectivity index (χ3v) is 5.82. The van der Waals surface area contributed by atoms with Gasteiger partial charge in [-0.2, -0.15) is 0 Å². The highest BCUT2D eigenvalue weighted by Gasteiger charge is 2.45. The first kappa shape index (κ1) is 22.3. The van der Waals surface area contributed by atoms with Crippen LogP contribution in [0, 0.1) is 0 Å². The number of nitrogens with one attached hydrogen (secondary N) is 1. The van der Waals surface area contributed by atoms with Gasteiger partial charge < -0.3 is 24.8 Å². The standard InChI is InChI=1S/C19H28N2O6S/c1-7-26-17(24)14-11-8-18(2,3)21-19(4,5)15(11)28-16(14)20-12(22)9-27-13(23)10-25-6/h21H,7-10H2,1-6H3,(H,20,22)/p+1. The molecule has 1 aliphatic rings. The maximum Gasteiger partial charge on any atom is 0.341 e. The summed E-state index contributed by atoms with van der Waals surface area (Å²) in [6, 6.07) is 0. The van der Waals surface area contributed by atoms with Crippen molar-refractivity contribution in [2.24, 2.45) is 0 Å². The molecular formula is C19H29N2O6S+. The maximum absolute atomic E-state index is 12.7. The largest absolute Gasteiger partial charge is 0.462 e. The number of ether oxygens (including phenoxy) is 3. The molecule has 0 saturated heterocycles. The van der Waals surface area contributed by atoms with Gasteiger partial charge in [-0.25, -0.2) is 9.59 Å². The second-order valence-corrected chi connectivity index (χ2v) is 9.03. The molecule has 1 amide bonds. The fourth-order valence-corrected chi connectivity index (χ4v) is 4.98. The van der Waals surface area contributed by atoms with Crippen molar-refractivity contribution in [3.63, 3.8) is 0 Å². The Kier molecular flexibility index (Phi) is 6.84. The number of nitrogens with two attached hydrogens (primary N) is 1. The Morgan fingerprint density at radius 1 is 1.14 bits per heavy atom. The van der Waals surface area contributed by atoms with Crippen molar-refractivity contribution < 1.29 is 33.9 Å². The van der Waals surface area contributed by atoms with Gasteiger partial charge in [0, 0.05) is 13.5 Å². The minimum absolute atomic E-state index is 0.101. The van der Waals surface area contributed by atoms with Crippen molar-refractivity contribution in [3.05, 3.63) is 16.0 Å². The van der Waals surface area contributed by atoms with Crippen molar-refractivity contribution in [2.45, 2.75) is 52.1 Å². The van der Waals surface area contributed by atoms with Gasteiger partial charge in [-0.15, -0.1) is 11.3 Å². The quantitative estimate of drug-likeness (QED) is 0.650. The van der Waals surface area contributed by atoms with Crippen LogP contribution in [0.4, 0.5) is 5.00 Å². The van der Waals surface area contributed by atoms with Crippen LogP contribution in [0.25, 0.3) is 0 Å². The highest BCUT2D eigenvalue weighted by molar-refractivity contribution is 7.17. The Morgan fingerprint density at radius 2 is 1.82 bits per heavy atom. The predicted octanol–water partition coefficient (Wildman–Crippen LogP) is 1.19. The van der Waals surface area contributed by atoms with Crippen LogP contribution in [0.1, 0.15) is 55.4 Å². The van der Waals surface area contributed by atoms with Crippen LogP contribution in [0.3, 0.4) is 0 Å². The predicted molar refractivity (Wildman–Crippen MR) is 104 cm³/mol. The van der Waals surface area contributed by atoms with E-state index in [9.17, 15) is 14.4 Å². The van der Waals surface area contributed by atoms with E-state index in [0.29, 0.717) is 17.0 Å². The van der Waals surface area contributed by atoms with Gasteiger partial charge in [-0.1, -0.05) is 0 Å². The summed E-state index contributed by atoms with van der Waals surface area (Å²) in [5.74, 6) is -1.61. The zero-order chi connectivity index (χ0) is 21.1. The number of carbonyl (C=O) groups excluding carboxylic acids is 3. The number of thiophene rings is 1. The molecule has 3 N–H and O–H groups in total. The van der Waals surface area contributed by atoms with Gasteiger partial charge in [0.2, 0.25) is 0 Å². The van der Waals surface area contributed by atoms with E-state index >= 15 is 0 Å². The highest BCUT2D eigenvalue weighted by Crippen LogP contribution is 2.42.